The number of H-pyrrole nitrogens is 1. The number of ether oxygens (including phenoxy) is 3. The van der Waals surface area contributed by atoms with Crippen molar-refractivity contribution < 1.29 is 32.3 Å². The van der Waals surface area contributed by atoms with Crippen LogP contribution in [0.1, 0.15) is 61.9 Å². The van der Waals surface area contributed by atoms with Gasteiger partial charge >= 0.3 is 5.69 Å². The van der Waals surface area contributed by atoms with E-state index in [2.05, 4.69) is 55.4 Å². The molecule has 65 heavy (non-hydrogen) atoms. The van der Waals surface area contributed by atoms with Gasteiger partial charge in [0.1, 0.15) is 17.1 Å². The molecular formula is C48H54ClN7O8S. The summed E-state index contributed by atoms with van der Waals surface area (Å²) in [6.07, 6.45) is 8.24. The normalized spacial score (nSPS) is 19.0. The highest BCUT2D eigenvalue weighted by atomic mass is 35.5. The molecule has 0 spiro atoms. The number of piperidine rings is 1. The number of benzene rings is 3. The Morgan fingerprint density at radius 1 is 0.985 bits per heavy atom. The highest BCUT2D eigenvalue weighted by molar-refractivity contribution is 7.90. The van der Waals surface area contributed by atoms with Crippen LogP contribution in [-0.4, -0.2) is 111 Å². The Kier molecular flexibility index (Phi) is 12.9. The van der Waals surface area contributed by atoms with Gasteiger partial charge in [0.2, 0.25) is 0 Å². The van der Waals surface area contributed by atoms with Crippen LogP contribution < -0.4 is 19.1 Å². The number of nitro groups is 1. The molecule has 3 fully saturated rings. The van der Waals surface area contributed by atoms with Crippen LogP contribution in [-0.2, 0) is 14.8 Å². The van der Waals surface area contributed by atoms with Crippen molar-refractivity contribution in [3.8, 4) is 17.2 Å². The lowest BCUT2D eigenvalue weighted by molar-refractivity contribution is -0.386. The number of allylic oxidation sites excluding steroid dienone is 1. The van der Waals surface area contributed by atoms with E-state index < -0.39 is 31.4 Å². The number of hydrogen-bond donors (Lipinski definition) is 2. The Labute approximate surface area is 383 Å². The van der Waals surface area contributed by atoms with E-state index in [1.54, 1.807) is 30.5 Å². The van der Waals surface area contributed by atoms with Gasteiger partial charge in [-0.05, 0) is 116 Å². The molecule has 3 saturated heterocycles. The van der Waals surface area contributed by atoms with Crippen LogP contribution in [0.3, 0.4) is 0 Å². The number of fused-ring (bicyclic) bond motifs is 1. The summed E-state index contributed by atoms with van der Waals surface area (Å²) in [7, 11) is -4.59. The van der Waals surface area contributed by atoms with Crippen LogP contribution in [0.15, 0.2) is 95.7 Å². The Hall–Kier alpha value is -5.52. The molecule has 0 bridgehead atoms. The van der Waals surface area contributed by atoms with Gasteiger partial charge in [0.05, 0.1) is 47.4 Å². The smallest absolute Gasteiger partial charge is 0.312 e. The number of amides is 1. The van der Waals surface area contributed by atoms with Gasteiger partial charge in [-0.2, -0.15) is 0 Å². The van der Waals surface area contributed by atoms with Gasteiger partial charge in [-0.25, -0.2) is 18.1 Å². The molecule has 4 aliphatic rings. The summed E-state index contributed by atoms with van der Waals surface area (Å²) in [5.74, 6) is -0.322. The molecule has 1 amide bonds. The third-order valence-electron chi connectivity index (χ3n) is 13.3. The lowest BCUT2D eigenvalue weighted by atomic mass is 9.72. The first-order valence-corrected chi connectivity index (χ1v) is 24.1. The Morgan fingerprint density at radius 2 is 1.75 bits per heavy atom. The van der Waals surface area contributed by atoms with Crippen LogP contribution in [0, 0.1) is 21.4 Å². The molecule has 2 N–H and O–H groups in total. The van der Waals surface area contributed by atoms with Crippen molar-refractivity contribution in [1.29, 1.82) is 0 Å². The number of carbonyl (C=O) groups is 1. The molecule has 5 aromatic rings. The number of likely N-dealkylation sites (tertiary alicyclic amines) is 1. The summed E-state index contributed by atoms with van der Waals surface area (Å²) < 4.78 is 47.2. The minimum absolute atomic E-state index is 0.0342. The number of aromatic amines is 1. The van der Waals surface area contributed by atoms with E-state index in [1.807, 2.05) is 18.2 Å². The molecule has 5 heterocycles. The molecule has 9 rings (SSSR count). The lowest BCUT2D eigenvalue weighted by Crippen LogP contribution is -2.52. The molecule has 17 heteroatoms. The molecule has 15 nitrogen and oxygen atoms in total. The average Bonchev–Trinajstić information content (AvgIpc) is 3.74. The van der Waals surface area contributed by atoms with Gasteiger partial charge in [0.25, 0.3) is 15.9 Å². The van der Waals surface area contributed by atoms with Gasteiger partial charge < -0.3 is 24.1 Å². The Bertz CT molecular complexity index is 2710. The van der Waals surface area contributed by atoms with Crippen LogP contribution in [0.2, 0.25) is 5.02 Å². The third-order valence-corrected chi connectivity index (χ3v) is 14.8. The van der Waals surface area contributed by atoms with E-state index in [4.69, 9.17) is 25.8 Å². The fourth-order valence-electron chi connectivity index (χ4n) is 9.27. The number of anilines is 1. The molecule has 0 radical (unpaired) electrons. The van der Waals surface area contributed by atoms with E-state index in [0.29, 0.717) is 17.4 Å². The van der Waals surface area contributed by atoms with Crippen molar-refractivity contribution in [1.82, 2.24) is 24.5 Å². The summed E-state index contributed by atoms with van der Waals surface area (Å²) in [5, 5.41) is 13.7. The molecule has 2 aromatic heterocycles. The van der Waals surface area contributed by atoms with Crippen molar-refractivity contribution in [2.45, 2.75) is 56.9 Å². The molecule has 1 aliphatic carbocycles. The first-order valence-electron chi connectivity index (χ1n) is 22.3. The molecule has 0 unspecified atom stereocenters. The molecular weight excluding hydrogens is 870 g/mol. The SMILES string of the molecule is CC1(C)CCC(CN2CCN(c3ccc(C(=O)NS(=O)(=O)c4ccc(OCC5CCN(C6COC6)CC5)c([N+](=O)[O-])c4)c(Oc4cnc5[nH]ccc5c4)c3)CC2)=C(c2ccc(Cl)cc2)C1. The Morgan fingerprint density at radius 3 is 2.48 bits per heavy atom. The zero-order valence-corrected chi connectivity index (χ0v) is 38.2. The fraction of sp³-hybridized carbons (Fsp3) is 0.417. The average molecular weight is 925 g/mol. The van der Waals surface area contributed by atoms with Crippen molar-refractivity contribution >= 4 is 55.5 Å². The number of rotatable bonds is 14. The maximum Gasteiger partial charge on any atom is 0.312 e. The number of carbonyl (C=O) groups excluding carboxylic acids is 1. The summed E-state index contributed by atoms with van der Waals surface area (Å²) in [5.41, 5.74) is 5.24. The molecule has 0 saturated carbocycles. The van der Waals surface area contributed by atoms with Crippen molar-refractivity contribution in [3.63, 3.8) is 0 Å². The second-order valence-electron chi connectivity index (χ2n) is 18.4. The van der Waals surface area contributed by atoms with E-state index in [9.17, 15) is 23.3 Å². The number of nitrogens with zero attached hydrogens (tertiary/aromatic N) is 5. The van der Waals surface area contributed by atoms with Crippen LogP contribution in [0.5, 0.6) is 17.2 Å². The highest BCUT2D eigenvalue weighted by Gasteiger charge is 2.32. The zero-order valence-electron chi connectivity index (χ0n) is 36.6. The number of nitro benzene ring substituents is 1. The number of piperazine rings is 1. The van der Waals surface area contributed by atoms with E-state index >= 15 is 0 Å². The van der Waals surface area contributed by atoms with Gasteiger partial charge in [0.15, 0.2) is 5.75 Å². The predicted molar refractivity (Wildman–Crippen MR) is 249 cm³/mol. The summed E-state index contributed by atoms with van der Waals surface area (Å²) in [6.45, 7) is 12.2. The quantitative estimate of drug-likeness (QED) is 0.0808. The van der Waals surface area contributed by atoms with Crippen molar-refractivity contribution in [3.05, 3.63) is 117 Å². The first-order chi connectivity index (χ1) is 31.3. The molecule has 3 aromatic carbocycles. The van der Waals surface area contributed by atoms with E-state index in [-0.39, 0.29) is 35.0 Å². The Balaban J connectivity index is 0.901. The largest absolute Gasteiger partial charge is 0.487 e. The molecule has 342 valence electrons. The van der Waals surface area contributed by atoms with Crippen LogP contribution >= 0.6 is 11.6 Å². The van der Waals surface area contributed by atoms with Gasteiger partial charge in [-0.3, -0.25) is 24.7 Å². The van der Waals surface area contributed by atoms with Gasteiger partial charge in [-0.15, -0.1) is 0 Å². The monoisotopic (exact) mass is 923 g/mol. The third kappa shape index (κ3) is 10.3. The van der Waals surface area contributed by atoms with Gasteiger partial charge in [-0.1, -0.05) is 43.2 Å². The van der Waals surface area contributed by atoms with E-state index in [1.165, 1.54) is 35.0 Å². The summed E-state index contributed by atoms with van der Waals surface area (Å²) in [4.78, 5) is 39.6. The summed E-state index contributed by atoms with van der Waals surface area (Å²) >= 11 is 6.25. The second-order valence-corrected chi connectivity index (χ2v) is 20.5. The van der Waals surface area contributed by atoms with Crippen molar-refractivity contribution in [2.75, 3.05) is 70.5 Å². The fourth-order valence-corrected chi connectivity index (χ4v) is 10.4. The topological polar surface area (TPSA) is 172 Å². The number of halogens is 1. The standard InChI is InChI=1S/C48H54ClN7O8S/c1-48(2)15-11-35(42(26-48)33-3-5-36(49)6-4-33)28-53-19-21-55(22-20-53)37-7-9-41(45(24-37)64-39-23-34-12-16-50-46(34)51-27-39)47(57)52-65(60,61)40-8-10-44(43(25-40)56(58)59)63-29-32-13-17-54(18-14-32)38-30-62-31-38/h3-10,12,16,23-25,27,32,38H,11,13-15,17-22,26,28-31H2,1-2H3,(H,50,51)(H,52,57). The minimum atomic E-state index is -4.59. The van der Waals surface area contributed by atoms with Crippen molar-refractivity contribution in [2.24, 2.45) is 11.3 Å². The number of nitrogens with one attached hydrogen (secondary N) is 2. The summed E-state index contributed by atoms with van der Waals surface area (Å²) in [6, 6.07) is 20.7. The number of pyridine rings is 1. The maximum absolute atomic E-state index is 14.0. The molecule has 3 aliphatic heterocycles. The number of hydrogen-bond acceptors (Lipinski definition) is 12. The maximum atomic E-state index is 14.0. The van der Waals surface area contributed by atoms with Gasteiger partial charge in [0, 0.05) is 67.1 Å². The van der Waals surface area contributed by atoms with Crippen LogP contribution in [0.4, 0.5) is 11.4 Å². The predicted octanol–water partition coefficient (Wildman–Crippen LogP) is 8.31. The van der Waals surface area contributed by atoms with E-state index in [0.717, 1.165) is 113 Å². The molecule has 0 atom stereocenters. The highest BCUT2D eigenvalue weighted by Crippen LogP contribution is 2.43. The minimum Gasteiger partial charge on any atom is -0.487 e. The number of sulfonamides is 1. The second kappa shape index (κ2) is 18.8. The first kappa shape index (κ1) is 44.7. The zero-order chi connectivity index (χ0) is 45.3. The van der Waals surface area contributed by atoms with Crippen LogP contribution in [0.25, 0.3) is 16.6 Å². The number of aromatic nitrogens is 2. The lowest BCUT2D eigenvalue weighted by Gasteiger charge is -2.41.